The van der Waals surface area contributed by atoms with Crippen LogP contribution in [0.3, 0.4) is 0 Å². The molecule has 1 saturated carbocycles. The molecule has 4 nitrogen and oxygen atoms in total. The molecular formula is C19H27ClN2O2S. The first-order valence-electron chi connectivity index (χ1n) is 9.48. The van der Waals surface area contributed by atoms with Crippen LogP contribution in [-0.4, -0.2) is 49.1 Å². The number of hydrogen-bond acceptors (Lipinski definition) is 3. The van der Waals surface area contributed by atoms with Crippen molar-refractivity contribution in [2.45, 2.75) is 43.9 Å². The summed E-state index contributed by atoms with van der Waals surface area (Å²) in [5, 5.41) is 0.723. The summed E-state index contributed by atoms with van der Waals surface area (Å²) in [5.74, 6) is 1.40. The van der Waals surface area contributed by atoms with Gasteiger partial charge in [0.1, 0.15) is 0 Å². The Kier molecular flexibility index (Phi) is 5.11. The molecule has 0 unspecified atom stereocenters. The number of nitrogens with zero attached hydrogens (tertiary/aromatic N) is 2. The van der Waals surface area contributed by atoms with Gasteiger partial charge in [-0.05, 0) is 68.2 Å². The lowest BCUT2D eigenvalue weighted by molar-refractivity contribution is 0.201. The Balaban J connectivity index is 1.27. The number of hydrogen-bond donors (Lipinski definition) is 0. The molecule has 0 bridgehead atoms. The Labute approximate surface area is 156 Å². The van der Waals surface area contributed by atoms with Gasteiger partial charge in [0, 0.05) is 31.2 Å². The van der Waals surface area contributed by atoms with Crippen LogP contribution in [0.4, 0.5) is 0 Å². The van der Waals surface area contributed by atoms with E-state index in [4.69, 9.17) is 11.6 Å². The third-order valence-electron chi connectivity index (χ3n) is 6.10. The lowest BCUT2D eigenvalue weighted by Crippen LogP contribution is -2.41. The highest BCUT2D eigenvalue weighted by Gasteiger charge is 2.42. The molecule has 1 atom stereocenters. The third kappa shape index (κ3) is 4.05. The van der Waals surface area contributed by atoms with E-state index in [1.54, 1.807) is 4.31 Å². The van der Waals surface area contributed by atoms with Crippen molar-refractivity contribution in [3.63, 3.8) is 0 Å². The van der Waals surface area contributed by atoms with Gasteiger partial charge in [-0.3, -0.25) is 4.90 Å². The van der Waals surface area contributed by atoms with Crippen molar-refractivity contribution in [1.29, 1.82) is 0 Å². The highest BCUT2D eigenvalue weighted by Crippen LogP contribution is 2.36. The van der Waals surface area contributed by atoms with Crippen molar-refractivity contribution in [2.75, 3.05) is 26.2 Å². The summed E-state index contributed by atoms with van der Waals surface area (Å²) in [5.41, 5.74) is 1.32. The molecule has 6 heteroatoms. The quantitative estimate of drug-likeness (QED) is 0.783. The van der Waals surface area contributed by atoms with Crippen LogP contribution in [0.5, 0.6) is 0 Å². The zero-order chi connectivity index (χ0) is 17.4. The smallest absolute Gasteiger partial charge is 0.216 e. The molecule has 1 aliphatic carbocycles. The molecular weight excluding hydrogens is 356 g/mol. The molecule has 0 radical (unpaired) electrons. The van der Waals surface area contributed by atoms with Gasteiger partial charge in [-0.25, -0.2) is 12.7 Å². The van der Waals surface area contributed by atoms with Gasteiger partial charge in [0.2, 0.25) is 10.0 Å². The van der Waals surface area contributed by atoms with Crippen molar-refractivity contribution in [3.8, 4) is 0 Å². The lowest BCUT2D eigenvalue weighted by atomic mass is 9.84. The molecule has 3 fully saturated rings. The SMILES string of the molecule is O=S(=O)(C1CC1)N1CCC([C@@H]2CCN(Cc3ccc(Cl)cc3)C2)CC1. The van der Waals surface area contributed by atoms with Crippen LogP contribution in [-0.2, 0) is 16.6 Å². The molecule has 138 valence electrons. The second-order valence-electron chi connectivity index (χ2n) is 7.89. The van der Waals surface area contributed by atoms with Crippen LogP contribution in [0.25, 0.3) is 0 Å². The predicted molar refractivity (Wildman–Crippen MR) is 101 cm³/mol. The van der Waals surface area contributed by atoms with E-state index >= 15 is 0 Å². The molecule has 3 aliphatic rings. The summed E-state index contributed by atoms with van der Waals surface area (Å²) in [7, 11) is -2.98. The highest BCUT2D eigenvalue weighted by atomic mass is 35.5. The van der Waals surface area contributed by atoms with E-state index in [0.29, 0.717) is 5.92 Å². The number of piperidine rings is 1. The Hall–Kier alpha value is -0.620. The van der Waals surface area contributed by atoms with Crippen LogP contribution >= 0.6 is 11.6 Å². The fourth-order valence-corrected chi connectivity index (χ4v) is 6.42. The molecule has 1 aromatic rings. The van der Waals surface area contributed by atoms with Crippen LogP contribution in [0.2, 0.25) is 5.02 Å². The van der Waals surface area contributed by atoms with Gasteiger partial charge in [-0.2, -0.15) is 0 Å². The Morgan fingerprint density at radius 1 is 0.920 bits per heavy atom. The normalized spacial score (nSPS) is 27.0. The molecule has 0 spiro atoms. The third-order valence-corrected chi connectivity index (χ3v) is 8.75. The molecule has 0 N–H and O–H groups in total. The first-order valence-corrected chi connectivity index (χ1v) is 11.4. The molecule has 4 rings (SSSR count). The average Bonchev–Trinajstić information content (AvgIpc) is 3.38. The van der Waals surface area contributed by atoms with Crippen molar-refractivity contribution in [1.82, 2.24) is 9.21 Å². The van der Waals surface area contributed by atoms with Crippen LogP contribution in [0.15, 0.2) is 24.3 Å². The standard InChI is InChI=1S/C19H27ClN2O2S/c20-18-3-1-15(2-4-18)13-21-10-7-17(14-21)16-8-11-22(12-9-16)25(23,24)19-5-6-19/h1-4,16-17,19H,5-14H2/t17-/m1/s1. The van der Waals surface area contributed by atoms with Crippen LogP contribution in [0, 0.1) is 11.8 Å². The first kappa shape index (κ1) is 17.8. The topological polar surface area (TPSA) is 40.6 Å². The number of sulfonamides is 1. The highest BCUT2D eigenvalue weighted by molar-refractivity contribution is 7.90. The molecule has 25 heavy (non-hydrogen) atoms. The van der Waals surface area contributed by atoms with Crippen molar-refractivity contribution in [2.24, 2.45) is 11.8 Å². The van der Waals surface area contributed by atoms with E-state index < -0.39 is 10.0 Å². The summed E-state index contributed by atoms with van der Waals surface area (Å²) >= 11 is 5.96. The summed E-state index contributed by atoms with van der Waals surface area (Å²) in [4.78, 5) is 2.53. The van der Waals surface area contributed by atoms with Gasteiger partial charge in [0.15, 0.2) is 0 Å². The minimum Gasteiger partial charge on any atom is -0.299 e. The van der Waals surface area contributed by atoms with Gasteiger partial charge in [0.05, 0.1) is 5.25 Å². The first-order chi connectivity index (χ1) is 12.0. The molecule has 2 heterocycles. The number of rotatable bonds is 5. The molecule has 1 aromatic carbocycles. The van der Waals surface area contributed by atoms with Gasteiger partial charge in [0.25, 0.3) is 0 Å². The van der Waals surface area contributed by atoms with Crippen molar-refractivity contribution < 1.29 is 8.42 Å². The molecule has 2 aliphatic heterocycles. The zero-order valence-electron chi connectivity index (χ0n) is 14.6. The minimum atomic E-state index is -2.98. The Bertz CT molecular complexity index is 695. The van der Waals surface area contributed by atoms with E-state index in [1.165, 1.54) is 12.0 Å². The van der Waals surface area contributed by atoms with Gasteiger partial charge >= 0.3 is 0 Å². The maximum Gasteiger partial charge on any atom is 0.216 e. The number of benzene rings is 1. The molecule has 0 amide bonds. The van der Waals surface area contributed by atoms with Crippen LogP contribution < -0.4 is 0 Å². The maximum absolute atomic E-state index is 12.4. The Morgan fingerprint density at radius 2 is 1.56 bits per heavy atom. The van der Waals surface area contributed by atoms with Gasteiger partial charge in [-0.1, -0.05) is 23.7 Å². The van der Waals surface area contributed by atoms with E-state index in [9.17, 15) is 8.42 Å². The summed E-state index contributed by atoms with van der Waals surface area (Å²) in [6, 6.07) is 8.13. The summed E-state index contributed by atoms with van der Waals surface area (Å²) in [6.45, 7) is 4.74. The molecule has 0 aromatic heterocycles. The molecule has 2 saturated heterocycles. The van der Waals surface area contributed by atoms with Crippen molar-refractivity contribution in [3.05, 3.63) is 34.9 Å². The number of halogens is 1. The fraction of sp³-hybridized carbons (Fsp3) is 0.684. The van der Waals surface area contributed by atoms with Crippen LogP contribution in [0.1, 0.15) is 37.7 Å². The summed E-state index contributed by atoms with van der Waals surface area (Å²) in [6.07, 6.45) is 5.04. The van der Waals surface area contributed by atoms with Gasteiger partial charge < -0.3 is 0 Å². The lowest BCUT2D eigenvalue weighted by Gasteiger charge is -2.34. The second kappa shape index (κ2) is 7.18. The monoisotopic (exact) mass is 382 g/mol. The van der Waals surface area contributed by atoms with E-state index in [0.717, 1.165) is 69.3 Å². The van der Waals surface area contributed by atoms with E-state index in [2.05, 4.69) is 17.0 Å². The predicted octanol–water partition coefficient (Wildman–Crippen LogP) is 3.37. The Morgan fingerprint density at radius 3 is 2.20 bits per heavy atom. The van der Waals surface area contributed by atoms with E-state index in [1.807, 2.05) is 12.1 Å². The van der Waals surface area contributed by atoms with Crippen molar-refractivity contribution >= 4 is 21.6 Å². The summed E-state index contributed by atoms with van der Waals surface area (Å²) < 4.78 is 26.5. The zero-order valence-corrected chi connectivity index (χ0v) is 16.2. The number of likely N-dealkylation sites (tertiary alicyclic amines) is 1. The van der Waals surface area contributed by atoms with Gasteiger partial charge in [-0.15, -0.1) is 0 Å². The minimum absolute atomic E-state index is 0.0644. The largest absolute Gasteiger partial charge is 0.299 e. The second-order valence-corrected chi connectivity index (χ2v) is 10.5. The fourth-order valence-electron chi connectivity index (χ4n) is 4.42. The van der Waals surface area contributed by atoms with E-state index in [-0.39, 0.29) is 5.25 Å². The average molecular weight is 383 g/mol. The maximum atomic E-state index is 12.4.